The lowest BCUT2D eigenvalue weighted by atomic mass is 9.72. The number of likely N-dealkylation sites (tertiary alicyclic amines) is 1. The zero-order chi connectivity index (χ0) is 31.0. The van der Waals surface area contributed by atoms with Crippen molar-refractivity contribution in [3.05, 3.63) is 64.2 Å². The summed E-state index contributed by atoms with van der Waals surface area (Å²) >= 11 is 1.20. The molecule has 5 heterocycles. The van der Waals surface area contributed by atoms with Crippen LogP contribution in [-0.2, 0) is 16.0 Å². The highest BCUT2D eigenvalue weighted by molar-refractivity contribution is 7.16. The number of carbonyl (C=O) groups is 1. The number of rotatable bonds is 5. The summed E-state index contributed by atoms with van der Waals surface area (Å²) in [4.78, 5) is 28.4. The van der Waals surface area contributed by atoms with Crippen molar-refractivity contribution in [1.82, 2.24) is 14.9 Å². The quantitative estimate of drug-likeness (QED) is 0.326. The SMILES string of the molecule is CN(c1nc(-c2ccc(F)cc2)c(C#N)s1)c1c2c(nc3c(F)cc(N4CC5(CN(C(=O)[C@H]6CCCO6)C5)C4)cc13)C(O)CC2. The number of nitrogens with zero attached hydrogens (tertiary/aromatic N) is 6. The van der Waals surface area contributed by atoms with E-state index in [-0.39, 0.29) is 28.8 Å². The van der Waals surface area contributed by atoms with E-state index >= 15 is 4.39 Å². The number of amides is 1. The van der Waals surface area contributed by atoms with Crippen LogP contribution in [0.5, 0.6) is 0 Å². The number of fused-ring (bicyclic) bond motifs is 2. The van der Waals surface area contributed by atoms with E-state index in [9.17, 15) is 19.6 Å². The van der Waals surface area contributed by atoms with E-state index in [0.29, 0.717) is 83.7 Å². The molecule has 9 nitrogen and oxygen atoms in total. The summed E-state index contributed by atoms with van der Waals surface area (Å²) in [5, 5.41) is 21.8. The van der Waals surface area contributed by atoms with Crippen LogP contribution in [0.1, 0.15) is 41.5 Å². The van der Waals surface area contributed by atoms with Crippen molar-refractivity contribution in [2.24, 2.45) is 5.41 Å². The lowest BCUT2D eigenvalue weighted by Gasteiger charge is -2.61. The molecule has 3 fully saturated rings. The molecule has 0 saturated carbocycles. The summed E-state index contributed by atoms with van der Waals surface area (Å²) in [5.74, 6) is -0.782. The number of aliphatic hydroxyl groups excluding tert-OH is 1. The van der Waals surface area contributed by atoms with Gasteiger partial charge in [-0.2, -0.15) is 5.26 Å². The van der Waals surface area contributed by atoms with Gasteiger partial charge in [-0.25, -0.2) is 18.7 Å². The summed E-state index contributed by atoms with van der Waals surface area (Å²) in [5.41, 5.74) is 3.96. The van der Waals surface area contributed by atoms with Gasteiger partial charge in [0.05, 0.1) is 17.5 Å². The first-order valence-corrected chi connectivity index (χ1v) is 16.0. The first kappa shape index (κ1) is 28.3. The van der Waals surface area contributed by atoms with Crippen LogP contribution < -0.4 is 9.80 Å². The van der Waals surface area contributed by atoms with Gasteiger partial charge in [0.15, 0.2) is 10.9 Å². The Hall–Kier alpha value is -4.18. The lowest BCUT2D eigenvalue weighted by Crippen LogP contribution is -2.73. The Labute approximate surface area is 262 Å². The van der Waals surface area contributed by atoms with E-state index in [0.717, 1.165) is 24.1 Å². The van der Waals surface area contributed by atoms with Crippen LogP contribution >= 0.6 is 11.3 Å². The van der Waals surface area contributed by atoms with Crippen LogP contribution in [0.4, 0.5) is 25.3 Å². The number of pyridine rings is 1. The zero-order valence-corrected chi connectivity index (χ0v) is 25.4. The highest BCUT2D eigenvalue weighted by Crippen LogP contribution is 2.48. The van der Waals surface area contributed by atoms with Crippen LogP contribution in [0.25, 0.3) is 22.2 Å². The number of carbonyl (C=O) groups excluding carboxylic acids is 1. The van der Waals surface area contributed by atoms with Crippen molar-refractivity contribution >= 4 is 44.7 Å². The number of anilines is 3. The van der Waals surface area contributed by atoms with Gasteiger partial charge in [-0.15, -0.1) is 0 Å². The number of benzene rings is 2. The van der Waals surface area contributed by atoms with Gasteiger partial charge >= 0.3 is 0 Å². The monoisotopic (exact) mass is 628 g/mol. The van der Waals surface area contributed by atoms with Crippen LogP contribution in [0.15, 0.2) is 36.4 Å². The molecule has 0 radical (unpaired) electrons. The molecule has 1 amide bonds. The van der Waals surface area contributed by atoms with Gasteiger partial charge in [0, 0.05) is 67.4 Å². The number of aliphatic hydroxyl groups is 1. The highest BCUT2D eigenvalue weighted by atomic mass is 32.1. The molecule has 1 N–H and O–H groups in total. The minimum atomic E-state index is -0.800. The van der Waals surface area contributed by atoms with Gasteiger partial charge in [-0.1, -0.05) is 11.3 Å². The smallest absolute Gasteiger partial charge is 0.251 e. The Morgan fingerprint density at radius 1 is 1.16 bits per heavy atom. The molecule has 1 spiro atoms. The summed E-state index contributed by atoms with van der Waals surface area (Å²) < 4.78 is 35.0. The zero-order valence-electron chi connectivity index (χ0n) is 24.6. The number of hydrogen-bond donors (Lipinski definition) is 1. The number of nitriles is 1. The first-order chi connectivity index (χ1) is 21.7. The van der Waals surface area contributed by atoms with E-state index < -0.39 is 11.9 Å². The summed E-state index contributed by atoms with van der Waals surface area (Å²) in [7, 11) is 1.82. The maximum absolute atomic E-state index is 15.9. The third-order valence-corrected chi connectivity index (χ3v) is 10.6. The Balaban J connectivity index is 1.13. The Morgan fingerprint density at radius 2 is 1.93 bits per heavy atom. The lowest BCUT2D eigenvalue weighted by molar-refractivity contribution is -0.155. The average molecular weight is 629 g/mol. The maximum Gasteiger partial charge on any atom is 0.251 e. The fourth-order valence-electron chi connectivity index (χ4n) is 7.32. The molecule has 1 unspecified atom stereocenters. The van der Waals surface area contributed by atoms with Crippen molar-refractivity contribution in [2.75, 3.05) is 49.6 Å². The predicted octanol–water partition coefficient (Wildman–Crippen LogP) is 5.08. The number of thiazole rings is 1. The van der Waals surface area contributed by atoms with E-state index in [1.807, 2.05) is 22.9 Å². The molecule has 230 valence electrons. The fourth-order valence-corrected chi connectivity index (χ4v) is 8.18. The van der Waals surface area contributed by atoms with E-state index in [4.69, 9.17) is 9.72 Å². The van der Waals surface area contributed by atoms with E-state index in [2.05, 4.69) is 16.0 Å². The van der Waals surface area contributed by atoms with Crippen LogP contribution in [0.2, 0.25) is 0 Å². The fraction of sp³-hybridized carbons (Fsp3) is 0.394. The Kier molecular flexibility index (Phi) is 6.57. The molecule has 1 aliphatic carbocycles. The third-order valence-electron chi connectivity index (χ3n) is 9.56. The van der Waals surface area contributed by atoms with Crippen molar-refractivity contribution in [3.63, 3.8) is 0 Å². The molecule has 3 aliphatic heterocycles. The normalized spacial score (nSPS) is 21.5. The number of aromatic nitrogens is 2. The second kappa shape index (κ2) is 10.4. The van der Waals surface area contributed by atoms with Crippen molar-refractivity contribution < 1.29 is 23.4 Å². The molecule has 0 bridgehead atoms. The molecule has 4 aliphatic rings. The van der Waals surface area contributed by atoms with Gasteiger partial charge in [-0.05, 0) is 62.1 Å². The Morgan fingerprint density at radius 3 is 2.64 bits per heavy atom. The topological polar surface area (TPSA) is 106 Å². The third kappa shape index (κ3) is 4.56. The van der Waals surface area contributed by atoms with Crippen molar-refractivity contribution in [2.45, 2.75) is 37.9 Å². The maximum atomic E-state index is 15.9. The largest absolute Gasteiger partial charge is 0.387 e. The summed E-state index contributed by atoms with van der Waals surface area (Å²) in [6.07, 6.45) is 1.63. The summed E-state index contributed by atoms with van der Waals surface area (Å²) in [6.45, 7) is 3.44. The Bertz CT molecular complexity index is 1890. The number of halogens is 2. The molecule has 2 aromatic carbocycles. The van der Waals surface area contributed by atoms with E-state index in [1.54, 1.807) is 12.1 Å². The van der Waals surface area contributed by atoms with Gasteiger partial charge in [-0.3, -0.25) is 4.79 Å². The van der Waals surface area contributed by atoms with Crippen LogP contribution in [0, 0.1) is 28.4 Å². The van der Waals surface area contributed by atoms with Gasteiger partial charge in [0.2, 0.25) is 0 Å². The van der Waals surface area contributed by atoms with Crippen molar-refractivity contribution in [1.29, 1.82) is 5.26 Å². The molecular formula is C33H30F2N6O3S. The molecule has 45 heavy (non-hydrogen) atoms. The molecular weight excluding hydrogens is 598 g/mol. The second-order valence-corrected chi connectivity index (χ2v) is 13.6. The second-order valence-electron chi connectivity index (χ2n) is 12.6. The molecule has 2 aromatic heterocycles. The van der Waals surface area contributed by atoms with Gasteiger partial charge in [0.1, 0.15) is 34.1 Å². The molecule has 3 saturated heterocycles. The molecule has 8 rings (SSSR count). The van der Waals surface area contributed by atoms with E-state index in [1.165, 1.54) is 29.5 Å². The van der Waals surface area contributed by atoms with Gasteiger partial charge in [0.25, 0.3) is 5.91 Å². The minimum absolute atomic E-state index is 0.00491. The molecule has 12 heteroatoms. The number of hydrogen-bond acceptors (Lipinski definition) is 9. The van der Waals surface area contributed by atoms with Gasteiger partial charge < -0.3 is 24.5 Å². The standard InChI is InChI=1S/C33H30F2N6O3S/c1-39(32-38-27(26(13-36)45-32)18-4-6-19(34)7-5-18)30-21-8-9-24(42)29(21)37-28-22(30)11-20(12-23(28)35)40-14-33(15-40)16-41(17-33)31(43)25-3-2-10-44-25/h4-7,11-12,24-25,42H,2-3,8-10,14-17H2,1H3/t24?,25-/m1/s1. The summed E-state index contributed by atoms with van der Waals surface area (Å²) in [6, 6.07) is 11.5. The average Bonchev–Trinajstić information content (AvgIpc) is 3.76. The number of ether oxygens (including phenoxy) is 1. The van der Waals surface area contributed by atoms with Crippen LogP contribution in [-0.4, -0.2) is 71.8 Å². The minimum Gasteiger partial charge on any atom is -0.387 e. The predicted molar refractivity (Wildman–Crippen MR) is 165 cm³/mol. The molecule has 4 aromatic rings. The van der Waals surface area contributed by atoms with Crippen LogP contribution in [0.3, 0.4) is 0 Å². The van der Waals surface area contributed by atoms with Crippen molar-refractivity contribution in [3.8, 4) is 17.3 Å². The first-order valence-electron chi connectivity index (χ1n) is 15.1. The highest BCUT2D eigenvalue weighted by Gasteiger charge is 2.54. The molecule has 2 atom stereocenters.